The molecule has 0 fully saturated rings. The van der Waals surface area contributed by atoms with Gasteiger partial charge in [-0.05, 0) is 23.3 Å². The van der Waals surface area contributed by atoms with Gasteiger partial charge in [0.15, 0.2) is 0 Å². The van der Waals surface area contributed by atoms with Gasteiger partial charge in [0.1, 0.15) is 0 Å². The number of rotatable bonds is 5. The van der Waals surface area contributed by atoms with E-state index < -0.39 is 12.2 Å². The van der Waals surface area contributed by atoms with Crippen LogP contribution in [0.3, 0.4) is 0 Å². The molecular formula is C34H41IrN2O2-. The summed E-state index contributed by atoms with van der Waals surface area (Å²) in [5.74, 6) is 0. The quantitative estimate of drug-likeness (QED) is 0.209. The molecule has 4 aromatic rings. The Bertz CT molecular complexity index is 1260. The number of aromatic nitrogens is 2. The molecule has 209 valence electrons. The maximum Gasteiger partial charge on any atom is 0.0873 e. The minimum atomic E-state index is -0.443. The molecule has 0 aliphatic carbocycles. The third kappa shape index (κ3) is 9.47. The van der Waals surface area contributed by atoms with Gasteiger partial charge in [0.05, 0.1) is 23.6 Å². The third-order valence-electron chi connectivity index (χ3n) is 6.58. The average Bonchev–Trinajstić information content (AvgIpc) is 2.89. The van der Waals surface area contributed by atoms with Gasteiger partial charge in [0.2, 0.25) is 0 Å². The zero-order valence-corrected chi connectivity index (χ0v) is 26.5. The number of aliphatic hydroxyl groups excluding tert-OH is 2. The normalized spacial score (nSPS) is 12.9. The topological polar surface area (TPSA) is 66.2 Å². The van der Waals surface area contributed by atoms with Crippen LogP contribution < -0.4 is 0 Å². The molecule has 4 rings (SSSR count). The number of aliphatic hydroxyl groups is 2. The van der Waals surface area contributed by atoms with E-state index in [4.69, 9.17) is 9.97 Å². The molecule has 2 unspecified atom stereocenters. The van der Waals surface area contributed by atoms with E-state index in [1.807, 2.05) is 90.2 Å². The van der Waals surface area contributed by atoms with Gasteiger partial charge in [-0.1, -0.05) is 102 Å². The first-order valence-electron chi connectivity index (χ1n) is 13.2. The van der Waals surface area contributed by atoms with E-state index in [0.29, 0.717) is 6.42 Å². The molecule has 0 bridgehead atoms. The first-order chi connectivity index (χ1) is 17.9. The minimum absolute atomic E-state index is 0. The Morgan fingerprint density at radius 1 is 0.718 bits per heavy atom. The van der Waals surface area contributed by atoms with Crippen LogP contribution >= 0.6 is 0 Å². The summed E-state index contributed by atoms with van der Waals surface area (Å²) in [6.45, 7) is 14.0. The molecule has 0 aliphatic heterocycles. The summed E-state index contributed by atoms with van der Waals surface area (Å²) < 4.78 is 0. The Kier molecular flexibility index (Phi) is 11.8. The van der Waals surface area contributed by atoms with Crippen molar-refractivity contribution < 1.29 is 30.3 Å². The largest absolute Gasteiger partial charge is 0.392 e. The van der Waals surface area contributed by atoms with Crippen LogP contribution in [0, 0.1) is 23.8 Å². The van der Waals surface area contributed by atoms with Gasteiger partial charge < -0.3 is 15.2 Å². The van der Waals surface area contributed by atoms with Crippen molar-refractivity contribution in [3.63, 3.8) is 0 Å². The van der Waals surface area contributed by atoms with Gasteiger partial charge in [-0.15, -0.1) is 35.9 Å². The predicted octanol–water partition coefficient (Wildman–Crippen LogP) is 7.77. The molecule has 1 heterocycles. The molecule has 0 saturated heterocycles. The predicted molar refractivity (Wildman–Crippen MR) is 157 cm³/mol. The molecule has 0 spiro atoms. The van der Waals surface area contributed by atoms with Crippen LogP contribution in [0.25, 0.3) is 33.8 Å². The molecule has 2 atom stereocenters. The molecule has 5 heteroatoms. The summed E-state index contributed by atoms with van der Waals surface area (Å²) in [6, 6.07) is 29.7. The van der Waals surface area contributed by atoms with Crippen molar-refractivity contribution in [3.05, 3.63) is 96.7 Å². The molecule has 1 aromatic heterocycles. The van der Waals surface area contributed by atoms with E-state index in [0.717, 1.165) is 33.8 Å². The molecular weight excluding hydrogens is 661 g/mol. The summed E-state index contributed by atoms with van der Waals surface area (Å²) in [6.07, 6.45) is 1.41. The molecule has 39 heavy (non-hydrogen) atoms. The van der Waals surface area contributed by atoms with E-state index in [-0.39, 0.29) is 30.9 Å². The summed E-state index contributed by atoms with van der Waals surface area (Å²) in [4.78, 5) is 9.67. The maximum atomic E-state index is 9.76. The maximum absolute atomic E-state index is 9.76. The fourth-order valence-corrected chi connectivity index (χ4v) is 3.71. The van der Waals surface area contributed by atoms with Crippen LogP contribution in [0.1, 0.15) is 53.5 Å². The van der Waals surface area contributed by atoms with Gasteiger partial charge in [-0.25, -0.2) is 0 Å². The van der Waals surface area contributed by atoms with Gasteiger partial charge >= 0.3 is 0 Å². The van der Waals surface area contributed by atoms with E-state index >= 15 is 0 Å². The van der Waals surface area contributed by atoms with Gasteiger partial charge in [0, 0.05) is 44.0 Å². The van der Waals surface area contributed by atoms with Gasteiger partial charge in [0.25, 0.3) is 0 Å². The van der Waals surface area contributed by atoms with E-state index in [1.165, 1.54) is 5.56 Å². The first kappa shape index (κ1) is 32.5. The Labute approximate surface area is 247 Å². The molecule has 1 radical (unpaired) electrons. The Morgan fingerprint density at radius 2 is 1.28 bits per heavy atom. The fourth-order valence-electron chi connectivity index (χ4n) is 3.71. The number of aryl methyl sites for hydroxylation is 1. The molecule has 4 nitrogen and oxygen atoms in total. The minimum Gasteiger partial charge on any atom is -0.392 e. The van der Waals surface area contributed by atoms with E-state index in [9.17, 15) is 10.2 Å². The monoisotopic (exact) mass is 702 g/mol. The number of hydrogen-bond acceptors (Lipinski definition) is 4. The summed E-state index contributed by atoms with van der Waals surface area (Å²) in [5.41, 5.74) is 6.61. The number of nitrogens with zero attached hydrogens (tertiary/aromatic N) is 2. The zero-order valence-electron chi connectivity index (χ0n) is 24.1. The SMILES string of the molecule is CC(C)(C)C(O)CC(O)C(C)(C)C.Cc1ccc(-c2cnc(-c3[c-]cccc3)c(-c3ccccc3)n2)cc1.[Ir]. The van der Waals surface area contributed by atoms with E-state index in [1.54, 1.807) is 0 Å². The molecule has 0 amide bonds. The summed E-state index contributed by atoms with van der Waals surface area (Å²) >= 11 is 0. The fraction of sp³-hybridized carbons (Fsp3) is 0.353. The van der Waals surface area contributed by atoms with Crippen molar-refractivity contribution in [2.24, 2.45) is 10.8 Å². The summed E-state index contributed by atoms with van der Waals surface area (Å²) in [5, 5.41) is 19.5. The Morgan fingerprint density at radius 3 is 1.79 bits per heavy atom. The van der Waals surface area contributed by atoms with Gasteiger partial charge in [-0.2, -0.15) is 0 Å². The second kappa shape index (κ2) is 14.1. The first-order valence-corrected chi connectivity index (χ1v) is 13.2. The summed E-state index contributed by atoms with van der Waals surface area (Å²) in [7, 11) is 0. The Balaban J connectivity index is 0.000000328. The second-order valence-electron chi connectivity index (χ2n) is 12.0. The second-order valence-corrected chi connectivity index (χ2v) is 12.0. The van der Waals surface area contributed by atoms with Crippen molar-refractivity contribution in [3.8, 4) is 33.8 Å². The van der Waals surface area contributed by atoms with Crippen molar-refractivity contribution in [1.29, 1.82) is 0 Å². The molecule has 2 N–H and O–H groups in total. The van der Waals surface area contributed by atoms with Crippen LogP contribution in [0.5, 0.6) is 0 Å². The molecule has 0 saturated carbocycles. The average molecular weight is 702 g/mol. The molecule has 0 aliphatic rings. The van der Waals surface area contributed by atoms with Gasteiger partial charge in [-0.3, -0.25) is 4.98 Å². The van der Waals surface area contributed by atoms with Crippen LogP contribution in [-0.4, -0.2) is 32.4 Å². The van der Waals surface area contributed by atoms with E-state index in [2.05, 4.69) is 49.4 Å². The Hall–Kier alpha value is -2.69. The smallest absolute Gasteiger partial charge is 0.0873 e. The van der Waals surface area contributed by atoms with Crippen LogP contribution in [0.15, 0.2) is 85.1 Å². The van der Waals surface area contributed by atoms with Crippen LogP contribution in [0.2, 0.25) is 0 Å². The van der Waals surface area contributed by atoms with Crippen LogP contribution in [0.4, 0.5) is 0 Å². The van der Waals surface area contributed by atoms with Crippen LogP contribution in [-0.2, 0) is 20.1 Å². The van der Waals surface area contributed by atoms with Crippen molar-refractivity contribution >= 4 is 0 Å². The standard InChI is InChI=1S/C23H17N2.C11H24O2.Ir/c1-17-12-14-18(15-13-17)21-16-24-22(19-8-4-2-5-9-19)23(25-21)20-10-6-3-7-11-20;1-10(2,3)8(12)7-9(13)11(4,5)6;/h2-8,10-16H,1H3;8-9,12-13H,7H2,1-6H3;/q-1;;. The molecule has 3 aromatic carbocycles. The third-order valence-corrected chi connectivity index (χ3v) is 6.58. The number of hydrogen-bond donors (Lipinski definition) is 2. The van der Waals surface area contributed by atoms with Crippen molar-refractivity contribution in [2.75, 3.05) is 0 Å². The number of benzene rings is 3. The van der Waals surface area contributed by atoms with Crippen molar-refractivity contribution in [2.45, 2.75) is 67.1 Å². The zero-order chi connectivity index (χ0) is 27.9. The van der Waals surface area contributed by atoms with Crippen molar-refractivity contribution in [1.82, 2.24) is 9.97 Å².